The Morgan fingerprint density at radius 3 is 2.71 bits per heavy atom. The Labute approximate surface area is 142 Å². The quantitative estimate of drug-likeness (QED) is 0.822. The molecule has 1 aliphatic rings. The van der Waals surface area contributed by atoms with Crippen molar-refractivity contribution in [2.75, 3.05) is 24.6 Å². The summed E-state index contributed by atoms with van der Waals surface area (Å²) in [5.74, 6) is 1.45. The minimum atomic E-state index is -0.288. The molecule has 0 bridgehead atoms. The number of pyridine rings is 1. The number of β-amino-alcohol motifs (C(OH)–C–C–N with tert-alkyl or cyclic N) is 1. The van der Waals surface area contributed by atoms with Gasteiger partial charge in [-0.15, -0.1) is 0 Å². The molecule has 0 aliphatic carbocycles. The molecule has 3 rings (SSSR count). The van der Waals surface area contributed by atoms with Gasteiger partial charge in [0.05, 0.1) is 24.6 Å². The normalized spacial score (nSPS) is 17.8. The summed E-state index contributed by atoms with van der Waals surface area (Å²) < 4.78 is 5.62. The largest absolute Gasteiger partial charge is 0.492 e. The number of rotatable bonds is 6. The van der Waals surface area contributed by atoms with E-state index in [4.69, 9.17) is 4.74 Å². The number of hydrogen-bond acceptors (Lipinski definition) is 6. The molecule has 0 spiro atoms. The van der Waals surface area contributed by atoms with Crippen LogP contribution in [0.4, 0.5) is 5.95 Å². The van der Waals surface area contributed by atoms with E-state index >= 15 is 0 Å². The average Bonchev–Trinajstić information content (AvgIpc) is 2.63. The molecular weight excluding hydrogens is 304 g/mol. The highest BCUT2D eigenvalue weighted by molar-refractivity contribution is 5.58. The van der Waals surface area contributed by atoms with Gasteiger partial charge in [-0.05, 0) is 31.4 Å². The highest BCUT2D eigenvalue weighted by atomic mass is 16.5. The van der Waals surface area contributed by atoms with Gasteiger partial charge in [-0.1, -0.05) is 13.3 Å². The molecule has 0 aromatic carbocycles. The third kappa shape index (κ3) is 4.20. The van der Waals surface area contributed by atoms with Gasteiger partial charge < -0.3 is 14.7 Å². The first-order valence-corrected chi connectivity index (χ1v) is 8.60. The van der Waals surface area contributed by atoms with Crippen LogP contribution >= 0.6 is 0 Å². The Morgan fingerprint density at radius 1 is 1.21 bits per heavy atom. The minimum Gasteiger partial charge on any atom is -0.492 e. The molecule has 24 heavy (non-hydrogen) atoms. The first-order valence-electron chi connectivity index (χ1n) is 8.60. The predicted molar refractivity (Wildman–Crippen MR) is 93.1 cm³/mol. The standard InChI is InChI=1S/C18H24N4O2/c1-2-3-9-24-16-6-7-17(19-12-16)14-10-20-18(21-11-14)22-8-4-5-15(23)13-22/h6-7,10-12,15,23H,2-5,8-9,13H2,1H3. The van der Waals surface area contributed by atoms with Crippen LogP contribution in [0.25, 0.3) is 11.3 Å². The highest BCUT2D eigenvalue weighted by Gasteiger charge is 2.19. The molecule has 1 aliphatic heterocycles. The highest BCUT2D eigenvalue weighted by Crippen LogP contribution is 2.21. The van der Waals surface area contributed by atoms with Crippen LogP contribution in [0.3, 0.4) is 0 Å². The fourth-order valence-corrected chi connectivity index (χ4v) is 2.72. The number of unbranched alkanes of at least 4 members (excludes halogenated alkanes) is 1. The zero-order valence-electron chi connectivity index (χ0n) is 14.1. The van der Waals surface area contributed by atoms with Crippen molar-refractivity contribution in [2.24, 2.45) is 0 Å². The van der Waals surface area contributed by atoms with Crippen LogP contribution in [0.5, 0.6) is 5.75 Å². The van der Waals surface area contributed by atoms with Crippen LogP contribution in [0.1, 0.15) is 32.6 Å². The van der Waals surface area contributed by atoms with E-state index in [0.29, 0.717) is 12.5 Å². The molecule has 1 fully saturated rings. The smallest absolute Gasteiger partial charge is 0.225 e. The number of aliphatic hydroxyl groups is 1. The zero-order valence-corrected chi connectivity index (χ0v) is 14.1. The first-order chi connectivity index (χ1) is 11.8. The van der Waals surface area contributed by atoms with Crippen LogP contribution in [-0.4, -0.2) is 45.9 Å². The summed E-state index contributed by atoms with van der Waals surface area (Å²) in [5, 5.41) is 9.76. The van der Waals surface area contributed by atoms with Gasteiger partial charge in [0.15, 0.2) is 0 Å². The Bertz CT molecular complexity index is 630. The summed E-state index contributed by atoms with van der Waals surface area (Å²) in [5.41, 5.74) is 1.69. The molecule has 1 N–H and O–H groups in total. The number of hydrogen-bond donors (Lipinski definition) is 1. The second kappa shape index (κ2) is 8.06. The molecule has 3 heterocycles. The summed E-state index contributed by atoms with van der Waals surface area (Å²) in [6.45, 7) is 4.34. The predicted octanol–water partition coefficient (Wildman–Crippen LogP) is 2.68. The van der Waals surface area contributed by atoms with E-state index in [9.17, 15) is 5.11 Å². The molecule has 1 saturated heterocycles. The van der Waals surface area contributed by atoms with Crippen molar-refractivity contribution in [2.45, 2.75) is 38.7 Å². The van der Waals surface area contributed by atoms with E-state index in [-0.39, 0.29) is 6.10 Å². The van der Waals surface area contributed by atoms with Crippen molar-refractivity contribution >= 4 is 5.95 Å². The number of ether oxygens (including phenoxy) is 1. The Balaban J connectivity index is 1.64. The third-order valence-corrected chi connectivity index (χ3v) is 4.12. The lowest BCUT2D eigenvalue weighted by atomic mass is 10.1. The van der Waals surface area contributed by atoms with Crippen molar-refractivity contribution < 1.29 is 9.84 Å². The molecule has 6 nitrogen and oxygen atoms in total. The SMILES string of the molecule is CCCCOc1ccc(-c2cnc(N3CCCC(O)C3)nc2)nc1. The molecular formula is C18H24N4O2. The van der Waals surface area contributed by atoms with Crippen molar-refractivity contribution in [3.05, 3.63) is 30.7 Å². The van der Waals surface area contributed by atoms with Crippen molar-refractivity contribution in [1.29, 1.82) is 0 Å². The lowest BCUT2D eigenvalue weighted by molar-refractivity contribution is 0.153. The van der Waals surface area contributed by atoms with Crippen molar-refractivity contribution in [3.8, 4) is 17.0 Å². The van der Waals surface area contributed by atoms with Gasteiger partial charge in [-0.2, -0.15) is 0 Å². The van der Waals surface area contributed by atoms with Crippen LogP contribution in [0.15, 0.2) is 30.7 Å². The maximum atomic E-state index is 9.76. The second-order valence-electron chi connectivity index (χ2n) is 6.09. The summed E-state index contributed by atoms with van der Waals surface area (Å²) >= 11 is 0. The maximum absolute atomic E-state index is 9.76. The van der Waals surface area contributed by atoms with E-state index in [1.54, 1.807) is 18.6 Å². The summed E-state index contributed by atoms with van der Waals surface area (Å²) in [6, 6.07) is 3.84. The van der Waals surface area contributed by atoms with E-state index in [2.05, 4.69) is 21.9 Å². The molecule has 6 heteroatoms. The summed E-state index contributed by atoms with van der Waals surface area (Å²) in [7, 11) is 0. The topological polar surface area (TPSA) is 71.4 Å². The van der Waals surface area contributed by atoms with Gasteiger partial charge in [0.2, 0.25) is 5.95 Å². The molecule has 1 atom stereocenters. The third-order valence-electron chi connectivity index (χ3n) is 4.12. The van der Waals surface area contributed by atoms with Gasteiger partial charge in [0.25, 0.3) is 0 Å². The van der Waals surface area contributed by atoms with Gasteiger partial charge >= 0.3 is 0 Å². The van der Waals surface area contributed by atoms with Crippen LogP contribution in [0, 0.1) is 0 Å². The summed E-state index contributed by atoms with van der Waals surface area (Å²) in [4.78, 5) is 15.3. The Morgan fingerprint density at radius 2 is 2.04 bits per heavy atom. The number of piperidine rings is 1. The fourth-order valence-electron chi connectivity index (χ4n) is 2.72. The van der Waals surface area contributed by atoms with Crippen LogP contribution < -0.4 is 9.64 Å². The van der Waals surface area contributed by atoms with Crippen LogP contribution in [0.2, 0.25) is 0 Å². The molecule has 0 radical (unpaired) electrons. The van der Waals surface area contributed by atoms with E-state index in [1.807, 2.05) is 17.0 Å². The Hall–Kier alpha value is -2.21. The molecule has 1 unspecified atom stereocenters. The van der Waals surface area contributed by atoms with Crippen LogP contribution in [-0.2, 0) is 0 Å². The lowest BCUT2D eigenvalue weighted by Gasteiger charge is -2.29. The second-order valence-corrected chi connectivity index (χ2v) is 6.09. The van der Waals surface area contributed by atoms with Crippen molar-refractivity contribution in [3.63, 3.8) is 0 Å². The molecule has 128 valence electrons. The molecule has 0 amide bonds. The molecule has 2 aromatic rings. The average molecular weight is 328 g/mol. The van der Waals surface area contributed by atoms with E-state index in [1.165, 1.54) is 0 Å². The lowest BCUT2D eigenvalue weighted by Crippen LogP contribution is -2.39. The number of anilines is 1. The van der Waals surface area contributed by atoms with Gasteiger partial charge in [-0.25, -0.2) is 9.97 Å². The van der Waals surface area contributed by atoms with Gasteiger partial charge in [0.1, 0.15) is 5.75 Å². The van der Waals surface area contributed by atoms with E-state index < -0.39 is 0 Å². The molecule has 0 saturated carbocycles. The van der Waals surface area contributed by atoms with Crippen molar-refractivity contribution in [1.82, 2.24) is 15.0 Å². The fraction of sp³-hybridized carbons (Fsp3) is 0.500. The monoisotopic (exact) mass is 328 g/mol. The number of aliphatic hydroxyl groups excluding tert-OH is 1. The minimum absolute atomic E-state index is 0.288. The zero-order chi connectivity index (χ0) is 16.8. The maximum Gasteiger partial charge on any atom is 0.225 e. The number of nitrogens with zero attached hydrogens (tertiary/aromatic N) is 4. The van der Waals surface area contributed by atoms with Gasteiger partial charge in [0, 0.05) is 31.0 Å². The number of aromatic nitrogens is 3. The van der Waals surface area contributed by atoms with E-state index in [0.717, 1.165) is 55.8 Å². The van der Waals surface area contributed by atoms with Gasteiger partial charge in [-0.3, -0.25) is 4.98 Å². The summed E-state index contributed by atoms with van der Waals surface area (Å²) in [6.07, 6.45) is 8.99. The Kier molecular flexibility index (Phi) is 5.59. The first kappa shape index (κ1) is 16.6. The molecule has 2 aromatic heterocycles.